The summed E-state index contributed by atoms with van der Waals surface area (Å²) in [7, 11) is 0. The number of alkyl halides is 3. The van der Waals surface area contributed by atoms with Gasteiger partial charge in [-0.1, -0.05) is 0 Å². The largest absolute Gasteiger partial charge is 0.394 e. The van der Waals surface area contributed by atoms with Crippen LogP contribution in [0.15, 0.2) is 36.8 Å². The number of hydrogen-bond acceptors (Lipinski definition) is 8. The maximum absolute atomic E-state index is 13.7. The van der Waals surface area contributed by atoms with Crippen molar-refractivity contribution in [2.24, 2.45) is 5.92 Å². The van der Waals surface area contributed by atoms with Crippen molar-refractivity contribution in [3.63, 3.8) is 0 Å². The molecule has 2 N–H and O–H groups in total. The van der Waals surface area contributed by atoms with Gasteiger partial charge in [0, 0.05) is 41.8 Å². The highest BCUT2D eigenvalue weighted by Gasteiger charge is 2.43. The lowest BCUT2D eigenvalue weighted by Gasteiger charge is -2.37. The van der Waals surface area contributed by atoms with Crippen LogP contribution in [0.2, 0.25) is 0 Å². The number of nitrogens with one attached hydrogen (secondary N) is 1. The highest BCUT2D eigenvalue weighted by Crippen LogP contribution is 2.36. The minimum atomic E-state index is -2.84. The molecule has 0 unspecified atom stereocenters. The highest BCUT2D eigenvalue weighted by atomic mass is 19.3. The van der Waals surface area contributed by atoms with Crippen molar-refractivity contribution in [3.05, 3.63) is 42.5 Å². The van der Waals surface area contributed by atoms with Crippen LogP contribution >= 0.6 is 0 Å². The number of pyridine rings is 3. The van der Waals surface area contributed by atoms with E-state index in [1.807, 2.05) is 13.0 Å². The quantitative estimate of drug-likeness (QED) is 0.393. The minimum Gasteiger partial charge on any atom is -0.394 e. The van der Waals surface area contributed by atoms with Crippen LogP contribution in [0.3, 0.4) is 0 Å². The first kappa shape index (κ1) is 24.5. The number of aliphatic hydroxyl groups excluding tert-OH is 1. The van der Waals surface area contributed by atoms with Gasteiger partial charge in [-0.05, 0) is 31.5 Å². The van der Waals surface area contributed by atoms with E-state index < -0.39 is 30.1 Å². The number of fused-ring (bicyclic) bond motifs is 2. The van der Waals surface area contributed by atoms with E-state index in [-0.39, 0.29) is 42.3 Å². The molecule has 2 fully saturated rings. The molecule has 0 aromatic carbocycles. The monoisotopic (exact) mass is 527 g/mol. The zero-order valence-corrected chi connectivity index (χ0v) is 20.3. The number of amides is 1. The fourth-order valence-electron chi connectivity index (χ4n) is 4.76. The van der Waals surface area contributed by atoms with Gasteiger partial charge in [-0.3, -0.25) is 9.78 Å². The van der Waals surface area contributed by atoms with Crippen molar-refractivity contribution in [3.8, 4) is 11.4 Å². The van der Waals surface area contributed by atoms with E-state index in [1.54, 1.807) is 16.8 Å². The summed E-state index contributed by atoms with van der Waals surface area (Å²) in [5.74, 6) is -0.871. The lowest BCUT2D eigenvalue weighted by Crippen LogP contribution is -2.48. The molecule has 6 rings (SSSR count). The standard InChI is InChI=1S/C25H24F3N7O3/c1-12-8-34(10-14(11-36)38-12)13-2-3-21-32-24(33-35(21)9-13)18-7-30-22(23(27)28)17-6-29-20(5-15(17)18)31-25(37)16-4-19(16)26/h2-3,5-7,9,12,14,16,19,23,36H,4,8,10-11H2,1H3,(H,29,31,37)/t12-,14+,16+,19-/m0/s1. The Kier molecular flexibility index (Phi) is 6.11. The zero-order chi connectivity index (χ0) is 26.6. The van der Waals surface area contributed by atoms with Gasteiger partial charge < -0.3 is 20.1 Å². The Hall–Kier alpha value is -3.84. The van der Waals surface area contributed by atoms with Gasteiger partial charge in [0.25, 0.3) is 6.43 Å². The summed E-state index contributed by atoms with van der Waals surface area (Å²) >= 11 is 0. The molecule has 0 bridgehead atoms. The molecule has 1 saturated carbocycles. The number of rotatable bonds is 6. The third-order valence-corrected chi connectivity index (χ3v) is 6.76. The average Bonchev–Trinajstić information content (AvgIpc) is 3.49. The highest BCUT2D eigenvalue weighted by molar-refractivity contribution is 6.00. The smallest absolute Gasteiger partial charge is 0.281 e. The van der Waals surface area contributed by atoms with Gasteiger partial charge in [0.1, 0.15) is 17.7 Å². The molecule has 5 heterocycles. The molecule has 198 valence electrons. The molecule has 1 aliphatic heterocycles. The van der Waals surface area contributed by atoms with Gasteiger partial charge in [-0.15, -0.1) is 5.10 Å². The minimum absolute atomic E-state index is 0.0623. The SMILES string of the molecule is C[C@H]1CN(c2ccc3nc(-c4cnc(C(F)F)c5cnc(NC(=O)[C@@H]6C[C@@H]6F)cc45)nn3c2)C[C@H](CO)O1. The lowest BCUT2D eigenvalue weighted by molar-refractivity contribution is -0.117. The first-order chi connectivity index (χ1) is 18.3. The number of nitrogens with zero attached hydrogens (tertiary/aromatic N) is 6. The number of anilines is 2. The Bertz CT molecular complexity index is 1530. The summed E-state index contributed by atoms with van der Waals surface area (Å²) in [5, 5.41) is 17.1. The number of hydrogen-bond donors (Lipinski definition) is 2. The molecule has 38 heavy (non-hydrogen) atoms. The van der Waals surface area contributed by atoms with Crippen molar-refractivity contribution in [1.29, 1.82) is 0 Å². The van der Waals surface area contributed by atoms with Crippen LogP contribution in [0.25, 0.3) is 27.8 Å². The molecule has 1 saturated heterocycles. The number of aromatic nitrogens is 5. The predicted octanol–water partition coefficient (Wildman–Crippen LogP) is 3.16. The Morgan fingerprint density at radius 3 is 2.79 bits per heavy atom. The van der Waals surface area contributed by atoms with E-state index in [9.17, 15) is 23.1 Å². The third kappa shape index (κ3) is 4.52. The third-order valence-electron chi connectivity index (χ3n) is 6.76. The van der Waals surface area contributed by atoms with Gasteiger partial charge in [0.15, 0.2) is 11.5 Å². The Morgan fingerprint density at radius 1 is 1.24 bits per heavy atom. The zero-order valence-electron chi connectivity index (χ0n) is 20.3. The fraction of sp³-hybridized carbons (Fsp3) is 0.400. The van der Waals surface area contributed by atoms with Crippen LogP contribution < -0.4 is 10.2 Å². The van der Waals surface area contributed by atoms with Crippen LogP contribution in [-0.4, -0.2) is 73.7 Å². The van der Waals surface area contributed by atoms with Crippen molar-refractivity contribution in [2.45, 2.75) is 38.1 Å². The summed E-state index contributed by atoms with van der Waals surface area (Å²) in [4.78, 5) is 26.9. The van der Waals surface area contributed by atoms with Crippen LogP contribution in [0.4, 0.5) is 24.7 Å². The summed E-state index contributed by atoms with van der Waals surface area (Å²) < 4.78 is 48.0. The van der Waals surface area contributed by atoms with Gasteiger partial charge in [0.2, 0.25) is 5.91 Å². The molecule has 1 amide bonds. The lowest BCUT2D eigenvalue weighted by atomic mass is 10.1. The number of ether oxygens (including phenoxy) is 1. The molecule has 4 aromatic heterocycles. The first-order valence-corrected chi connectivity index (χ1v) is 12.2. The van der Waals surface area contributed by atoms with E-state index in [1.165, 1.54) is 18.5 Å². The van der Waals surface area contributed by atoms with E-state index in [4.69, 9.17) is 4.74 Å². The van der Waals surface area contributed by atoms with E-state index >= 15 is 0 Å². The van der Waals surface area contributed by atoms with Crippen molar-refractivity contribution in [1.82, 2.24) is 24.6 Å². The molecule has 2 aliphatic rings. The fourth-order valence-corrected chi connectivity index (χ4v) is 4.76. The summed E-state index contributed by atoms with van der Waals surface area (Å²) in [6, 6.07) is 5.14. The second-order valence-corrected chi connectivity index (χ2v) is 9.60. The van der Waals surface area contributed by atoms with Crippen molar-refractivity contribution in [2.75, 3.05) is 29.9 Å². The number of aliphatic hydroxyl groups is 1. The molecule has 0 spiro atoms. The molecule has 0 radical (unpaired) electrons. The van der Waals surface area contributed by atoms with Crippen LogP contribution in [0.1, 0.15) is 25.5 Å². The molecule has 1 aliphatic carbocycles. The second-order valence-electron chi connectivity index (χ2n) is 9.60. The number of carbonyl (C=O) groups excluding carboxylic acids is 1. The van der Waals surface area contributed by atoms with Crippen LogP contribution in [0, 0.1) is 5.92 Å². The Labute approximate surface area is 214 Å². The van der Waals surface area contributed by atoms with Gasteiger partial charge >= 0.3 is 0 Å². The summed E-state index contributed by atoms with van der Waals surface area (Å²) in [6.45, 7) is 3.01. The maximum atomic E-state index is 13.7. The second kappa shape index (κ2) is 9.48. The number of halogens is 3. The van der Waals surface area contributed by atoms with Gasteiger partial charge in [0.05, 0.1) is 36.6 Å². The van der Waals surface area contributed by atoms with Crippen LogP contribution in [-0.2, 0) is 9.53 Å². The van der Waals surface area contributed by atoms with E-state index in [0.29, 0.717) is 29.7 Å². The van der Waals surface area contributed by atoms with Gasteiger partial charge in [-0.2, -0.15) is 0 Å². The van der Waals surface area contributed by atoms with Gasteiger partial charge in [-0.25, -0.2) is 27.7 Å². The van der Waals surface area contributed by atoms with E-state index in [0.717, 1.165) is 5.69 Å². The molecular weight excluding hydrogens is 503 g/mol. The topological polar surface area (TPSA) is 118 Å². The molecule has 13 heteroatoms. The van der Waals surface area contributed by atoms with Crippen LogP contribution in [0.5, 0.6) is 0 Å². The Balaban J connectivity index is 1.38. The number of morpholine rings is 1. The predicted molar refractivity (Wildman–Crippen MR) is 132 cm³/mol. The summed E-state index contributed by atoms with van der Waals surface area (Å²) in [6.07, 6.45) is 0.0651. The first-order valence-electron chi connectivity index (χ1n) is 12.2. The Morgan fingerprint density at radius 2 is 2.05 bits per heavy atom. The van der Waals surface area contributed by atoms with E-state index in [2.05, 4.69) is 30.3 Å². The van der Waals surface area contributed by atoms with Crippen molar-refractivity contribution >= 4 is 33.8 Å². The molecule has 10 nitrogen and oxygen atoms in total. The molecule has 4 atom stereocenters. The molecular formula is C25H24F3N7O3. The molecule has 4 aromatic rings. The average molecular weight is 528 g/mol. The van der Waals surface area contributed by atoms with Crippen molar-refractivity contribution < 1.29 is 27.8 Å². The normalized spacial score (nSPS) is 23.4. The maximum Gasteiger partial charge on any atom is 0.281 e. The number of carbonyl (C=O) groups is 1. The summed E-state index contributed by atoms with van der Waals surface area (Å²) in [5.41, 5.74) is 1.31.